The summed E-state index contributed by atoms with van der Waals surface area (Å²) in [6, 6.07) is -0.0459. The van der Waals surface area contributed by atoms with E-state index in [-0.39, 0.29) is 12.0 Å². The second-order valence-corrected chi connectivity index (χ2v) is 4.50. The maximum atomic E-state index is 10.1. The summed E-state index contributed by atoms with van der Waals surface area (Å²) >= 11 is 0. The van der Waals surface area contributed by atoms with Crippen LogP contribution in [0.15, 0.2) is 35.5 Å². The molecule has 0 fully saturated rings. The van der Waals surface area contributed by atoms with Gasteiger partial charge in [-0.25, -0.2) is 0 Å². The number of allylic oxidation sites excluding steroid dienone is 2. The first-order chi connectivity index (χ1) is 8.15. The van der Waals surface area contributed by atoms with Gasteiger partial charge in [0.15, 0.2) is 0 Å². The molecule has 2 aliphatic rings. The standard InChI is InChI=1S/C12H14N4O/c1-8-4-14-16-7-9(3-11(17)12(8)16)10-5-13-15(2)6-10/h3-8,12,17H,1-2H3. The quantitative estimate of drug-likeness (QED) is 0.795. The summed E-state index contributed by atoms with van der Waals surface area (Å²) in [4.78, 5) is 0. The number of nitrogens with zero attached hydrogens (tertiary/aromatic N) is 4. The summed E-state index contributed by atoms with van der Waals surface area (Å²) in [6.45, 7) is 2.04. The number of rotatable bonds is 1. The number of hydrogen-bond donors (Lipinski definition) is 1. The van der Waals surface area contributed by atoms with Crippen LogP contribution in [0.5, 0.6) is 0 Å². The van der Waals surface area contributed by atoms with Crippen LogP contribution in [0.1, 0.15) is 12.5 Å². The molecule has 5 heteroatoms. The molecule has 17 heavy (non-hydrogen) atoms. The van der Waals surface area contributed by atoms with Crippen LogP contribution >= 0.6 is 0 Å². The lowest BCUT2D eigenvalue weighted by Crippen LogP contribution is -2.31. The van der Waals surface area contributed by atoms with E-state index in [2.05, 4.69) is 10.2 Å². The van der Waals surface area contributed by atoms with E-state index in [4.69, 9.17) is 0 Å². The average Bonchev–Trinajstić information content (AvgIpc) is 2.86. The molecule has 2 unspecified atom stereocenters. The molecule has 0 amide bonds. The summed E-state index contributed by atoms with van der Waals surface area (Å²) < 4.78 is 1.74. The van der Waals surface area contributed by atoms with Gasteiger partial charge in [-0.2, -0.15) is 10.2 Å². The Morgan fingerprint density at radius 3 is 2.94 bits per heavy atom. The second kappa shape index (κ2) is 3.48. The number of hydrazone groups is 1. The molecule has 0 spiro atoms. The number of aliphatic hydroxyl groups is 1. The molecule has 0 aliphatic carbocycles. The largest absolute Gasteiger partial charge is 0.510 e. The molecule has 0 saturated carbocycles. The van der Waals surface area contributed by atoms with E-state index in [9.17, 15) is 5.11 Å². The monoisotopic (exact) mass is 230 g/mol. The van der Waals surface area contributed by atoms with E-state index in [0.29, 0.717) is 5.76 Å². The van der Waals surface area contributed by atoms with Gasteiger partial charge in [-0.3, -0.25) is 9.69 Å². The highest BCUT2D eigenvalue weighted by molar-refractivity contribution is 5.76. The van der Waals surface area contributed by atoms with Gasteiger partial charge in [-0.05, 0) is 6.08 Å². The zero-order valence-corrected chi connectivity index (χ0v) is 9.78. The number of aryl methyl sites for hydroxylation is 1. The Morgan fingerprint density at radius 2 is 2.24 bits per heavy atom. The van der Waals surface area contributed by atoms with Crippen LogP contribution in [0.3, 0.4) is 0 Å². The van der Waals surface area contributed by atoms with Gasteiger partial charge in [-0.1, -0.05) is 6.92 Å². The van der Waals surface area contributed by atoms with Crippen LogP contribution in [0, 0.1) is 5.92 Å². The maximum absolute atomic E-state index is 10.1. The van der Waals surface area contributed by atoms with E-state index in [1.807, 2.05) is 37.6 Å². The maximum Gasteiger partial charge on any atom is 0.118 e. The van der Waals surface area contributed by atoms with E-state index in [1.165, 1.54) is 0 Å². The van der Waals surface area contributed by atoms with E-state index in [0.717, 1.165) is 11.1 Å². The molecule has 3 heterocycles. The first kappa shape index (κ1) is 10.1. The first-order valence-electron chi connectivity index (χ1n) is 5.59. The van der Waals surface area contributed by atoms with Gasteiger partial charge in [0.25, 0.3) is 0 Å². The van der Waals surface area contributed by atoms with Crippen LogP contribution in [0.2, 0.25) is 0 Å². The Kier molecular flexibility index (Phi) is 2.07. The molecule has 2 aliphatic heterocycles. The Bertz CT molecular complexity index is 540. The van der Waals surface area contributed by atoms with Crippen molar-refractivity contribution in [3.8, 4) is 0 Å². The van der Waals surface area contributed by atoms with Crippen molar-refractivity contribution in [3.05, 3.63) is 36.0 Å². The minimum Gasteiger partial charge on any atom is -0.510 e. The summed E-state index contributed by atoms with van der Waals surface area (Å²) in [5.74, 6) is 0.592. The third kappa shape index (κ3) is 1.54. The molecule has 1 aromatic heterocycles. The molecule has 3 rings (SSSR count). The average molecular weight is 230 g/mol. The van der Waals surface area contributed by atoms with Crippen LogP contribution in [0.25, 0.3) is 5.57 Å². The van der Waals surface area contributed by atoms with Gasteiger partial charge in [-0.15, -0.1) is 0 Å². The number of fused-ring (bicyclic) bond motifs is 1. The molecular weight excluding hydrogens is 216 g/mol. The number of hydrogen-bond acceptors (Lipinski definition) is 4. The highest BCUT2D eigenvalue weighted by Crippen LogP contribution is 2.31. The smallest absolute Gasteiger partial charge is 0.118 e. The third-order valence-corrected chi connectivity index (χ3v) is 3.13. The first-order valence-corrected chi connectivity index (χ1v) is 5.59. The summed E-state index contributed by atoms with van der Waals surface area (Å²) in [5, 5.41) is 20.3. The molecule has 0 saturated heterocycles. The van der Waals surface area contributed by atoms with Gasteiger partial charge >= 0.3 is 0 Å². The minimum absolute atomic E-state index is 0.0459. The zero-order valence-electron chi connectivity index (χ0n) is 9.78. The Morgan fingerprint density at radius 1 is 1.41 bits per heavy atom. The molecule has 0 bridgehead atoms. The Labute approximate surface area is 99.4 Å². The molecule has 2 atom stereocenters. The van der Waals surface area contributed by atoms with Crippen LogP contribution < -0.4 is 0 Å². The van der Waals surface area contributed by atoms with Gasteiger partial charge in [0.2, 0.25) is 0 Å². The molecule has 0 aromatic carbocycles. The van der Waals surface area contributed by atoms with Crippen LogP contribution in [-0.4, -0.2) is 32.2 Å². The molecule has 1 N–H and O–H groups in total. The molecule has 88 valence electrons. The summed E-state index contributed by atoms with van der Waals surface area (Å²) in [7, 11) is 1.87. The van der Waals surface area contributed by atoms with Crippen molar-refractivity contribution < 1.29 is 5.11 Å². The van der Waals surface area contributed by atoms with Gasteiger partial charge in [0, 0.05) is 42.7 Å². The van der Waals surface area contributed by atoms with Gasteiger partial charge in [0.1, 0.15) is 11.8 Å². The van der Waals surface area contributed by atoms with E-state index in [1.54, 1.807) is 17.0 Å². The molecule has 1 aromatic rings. The zero-order chi connectivity index (χ0) is 12.0. The minimum atomic E-state index is -0.0459. The molecular formula is C12H14N4O. The van der Waals surface area contributed by atoms with Gasteiger partial charge < -0.3 is 5.11 Å². The SMILES string of the molecule is CC1C=NN2C=C(c3cnn(C)c3)C=C(O)C12. The lowest BCUT2D eigenvalue weighted by molar-refractivity contribution is 0.232. The molecule has 0 radical (unpaired) electrons. The van der Waals surface area contributed by atoms with Crippen molar-refractivity contribution in [3.63, 3.8) is 0 Å². The fourth-order valence-electron chi connectivity index (χ4n) is 2.25. The Hall–Kier alpha value is -2.04. The van der Waals surface area contributed by atoms with Crippen LogP contribution in [-0.2, 0) is 7.05 Å². The lowest BCUT2D eigenvalue weighted by atomic mass is 9.97. The fraction of sp³-hybridized carbons (Fsp3) is 0.333. The summed E-state index contributed by atoms with van der Waals surface area (Å²) in [5.41, 5.74) is 1.91. The van der Waals surface area contributed by atoms with Crippen LogP contribution in [0.4, 0.5) is 0 Å². The lowest BCUT2D eigenvalue weighted by Gasteiger charge is -2.26. The van der Waals surface area contributed by atoms with Crippen molar-refractivity contribution in [2.24, 2.45) is 18.1 Å². The van der Waals surface area contributed by atoms with Gasteiger partial charge in [0.05, 0.1) is 6.20 Å². The fourth-order valence-corrected chi connectivity index (χ4v) is 2.25. The highest BCUT2D eigenvalue weighted by Gasteiger charge is 2.33. The van der Waals surface area contributed by atoms with Crippen molar-refractivity contribution in [2.45, 2.75) is 13.0 Å². The number of aliphatic hydroxyl groups excluding tert-OH is 1. The van der Waals surface area contributed by atoms with Crippen molar-refractivity contribution >= 4 is 11.8 Å². The normalized spacial score (nSPS) is 26.8. The Balaban J connectivity index is 1.99. The second-order valence-electron chi connectivity index (χ2n) is 4.50. The van der Waals surface area contributed by atoms with E-state index < -0.39 is 0 Å². The predicted molar refractivity (Wildman–Crippen MR) is 65.2 cm³/mol. The van der Waals surface area contributed by atoms with Crippen molar-refractivity contribution in [1.82, 2.24) is 14.8 Å². The third-order valence-electron chi connectivity index (χ3n) is 3.13. The predicted octanol–water partition coefficient (Wildman–Crippen LogP) is 1.52. The van der Waals surface area contributed by atoms with Crippen molar-refractivity contribution in [1.29, 1.82) is 0 Å². The highest BCUT2D eigenvalue weighted by atomic mass is 16.3. The topological polar surface area (TPSA) is 53.7 Å². The number of aromatic nitrogens is 2. The van der Waals surface area contributed by atoms with Crippen molar-refractivity contribution in [2.75, 3.05) is 0 Å². The van der Waals surface area contributed by atoms with E-state index >= 15 is 0 Å². The molecule has 5 nitrogen and oxygen atoms in total. The summed E-state index contributed by atoms with van der Waals surface area (Å²) in [6.07, 6.45) is 9.29.